The number of aromatic nitrogens is 1. The van der Waals surface area contributed by atoms with Crippen molar-refractivity contribution in [1.82, 2.24) is 4.98 Å². The zero-order valence-corrected chi connectivity index (χ0v) is 12.3. The molecule has 0 aliphatic heterocycles. The first-order valence-corrected chi connectivity index (χ1v) is 7.44. The molecule has 1 heterocycles. The molecule has 0 fully saturated rings. The van der Waals surface area contributed by atoms with Gasteiger partial charge in [0.2, 0.25) is 0 Å². The van der Waals surface area contributed by atoms with E-state index >= 15 is 0 Å². The summed E-state index contributed by atoms with van der Waals surface area (Å²) in [5.74, 6) is 0. The number of anilines is 1. The molecule has 2 aromatic rings. The summed E-state index contributed by atoms with van der Waals surface area (Å²) in [6.07, 6.45) is 1.35. The second kappa shape index (κ2) is 4.91. The van der Waals surface area contributed by atoms with Gasteiger partial charge >= 0.3 is 6.01 Å². The molecule has 0 atom stereocenters. The highest BCUT2D eigenvalue weighted by Gasteiger charge is 2.20. The van der Waals surface area contributed by atoms with Crippen LogP contribution in [0.1, 0.15) is 5.69 Å². The Morgan fingerprint density at radius 3 is 2.72 bits per heavy atom. The fraction of sp³-hybridized carbons (Fsp3) is 0.100. The Balaban J connectivity index is 2.36. The standard InChI is InChI=1S/C10H8BrClN2O3S/c1-6-5-17-10(13-6)14-18(15,16)9-3-2-7(11)4-8(9)12/h2-5H,1H3,(H,13,14). The lowest BCUT2D eigenvalue weighted by atomic mass is 10.4. The van der Waals surface area contributed by atoms with E-state index in [4.69, 9.17) is 16.0 Å². The Morgan fingerprint density at radius 2 is 2.17 bits per heavy atom. The maximum absolute atomic E-state index is 12.0. The molecule has 0 aliphatic rings. The fourth-order valence-electron chi connectivity index (χ4n) is 1.26. The Hall–Kier alpha value is -1.05. The molecule has 8 heteroatoms. The van der Waals surface area contributed by atoms with E-state index in [1.807, 2.05) is 0 Å². The summed E-state index contributed by atoms with van der Waals surface area (Å²) in [7, 11) is -3.81. The second-order valence-electron chi connectivity index (χ2n) is 3.47. The first-order chi connectivity index (χ1) is 8.38. The monoisotopic (exact) mass is 350 g/mol. The van der Waals surface area contributed by atoms with Crippen LogP contribution in [-0.4, -0.2) is 13.4 Å². The van der Waals surface area contributed by atoms with Gasteiger partial charge in [0.1, 0.15) is 11.2 Å². The lowest BCUT2D eigenvalue weighted by Crippen LogP contribution is -2.13. The molecule has 5 nitrogen and oxygen atoms in total. The van der Waals surface area contributed by atoms with Crippen LogP contribution >= 0.6 is 27.5 Å². The maximum Gasteiger partial charge on any atom is 0.309 e. The minimum atomic E-state index is -3.81. The molecule has 1 aromatic carbocycles. The lowest BCUT2D eigenvalue weighted by Gasteiger charge is -2.06. The predicted molar refractivity (Wildman–Crippen MR) is 71.2 cm³/mol. The van der Waals surface area contributed by atoms with Crippen molar-refractivity contribution in [2.45, 2.75) is 11.8 Å². The number of benzene rings is 1. The van der Waals surface area contributed by atoms with Crippen LogP contribution in [0.5, 0.6) is 0 Å². The van der Waals surface area contributed by atoms with E-state index in [1.165, 1.54) is 18.4 Å². The maximum atomic E-state index is 12.0. The molecule has 1 aromatic heterocycles. The number of oxazole rings is 1. The molecule has 0 radical (unpaired) electrons. The molecule has 0 amide bonds. The zero-order valence-electron chi connectivity index (χ0n) is 9.15. The molecular formula is C10H8BrClN2O3S. The summed E-state index contributed by atoms with van der Waals surface area (Å²) in [6.45, 7) is 1.69. The van der Waals surface area contributed by atoms with Gasteiger partial charge in [-0.05, 0) is 25.1 Å². The minimum absolute atomic E-state index is 0.0387. The third-order valence-corrected chi connectivity index (χ3v) is 4.32. The van der Waals surface area contributed by atoms with Crippen LogP contribution in [0, 0.1) is 6.92 Å². The van der Waals surface area contributed by atoms with Crippen molar-refractivity contribution >= 4 is 43.6 Å². The summed E-state index contributed by atoms with van der Waals surface area (Å²) < 4.78 is 31.9. The Morgan fingerprint density at radius 1 is 1.44 bits per heavy atom. The van der Waals surface area contributed by atoms with Crippen molar-refractivity contribution in [2.24, 2.45) is 0 Å². The van der Waals surface area contributed by atoms with Gasteiger partial charge in [0, 0.05) is 4.47 Å². The van der Waals surface area contributed by atoms with Crippen molar-refractivity contribution in [3.63, 3.8) is 0 Å². The van der Waals surface area contributed by atoms with Gasteiger partial charge in [-0.25, -0.2) is 13.1 Å². The van der Waals surface area contributed by atoms with Gasteiger partial charge in [-0.15, -0.1) is 0 Å². The van der Waals surface area contributed by atoms with E-state index < -0.39 is 10.0 Å². The number of rotatable bonds is 3. The number of sulfonamides is 1. The van der Waals surface area contributed by atoms with Crippen molar-refractivity contribution in [2.75, 3.05) is 4.72 Å². The topological polar surface area (TPSA) is 72.2 Å². The highest BCUT2D eigenvalue weighted by atomic mass is 79.9. The molecular weight excluding hydrogens is 344 g/mol. The molecule has 0 unspecified atom stereocenters. The number of hydrogen-bond acceptors (Lipinski definition) is 4. The van der Waals surface area contributed by atoms with Gasteiger partial charge < -0.3 is 4.42 Å². The molecule has 96 valence electrons. The largest absolute Gasteiger partial charge is 0.431 e. The average Bonchev–Trinajstić information content (AvgIpc) is 2.62. The van der Waals surface area contributed by atoms with E-state index in [0.29, 0.717) is 10.2 Å². The third kappa shape index (κ3) is 2.85. The third-order valence-electron chi connectivity index (χ3n) is 2.02. The van der Waals surface area contributed by atoms with Crippen molar-refractivity contribution < 1.29 is 12.8 Å². The highest BCUT2D eigenvalue weighted by Crippen LogP contribution is 2.26. The Kier molecular flexibility index (Phi) is 3.65. The first kappa shape index (κ1) is 13.4. The van der Waals surface area contributed by atoms with E-state index in [0.717, 1.165) is 0 Å². The van der Waals surface area contributed by atoms with E-state index in [2.05, 4.69) is 25.6 Å². The molecule has 0 saturated carbocycles. The average molecular weight is 352 g/mol. The predicted octanol–water partition coefficient (Wildman–Crippen LogP) is 3.20. The molecule has 0 aliphatic carbocycles. The zero-order chi connectivity index (χ0) is 13.3. The Labute approximate surface area is 117 Å². The van der Waals surface area contributed by atoms with Gasteiger partial charge in [-0.1, -0.05) is 27.5 Å². The van der Waals surface area contributed by atoms with E-state index in [1.54, 1.807) is 13.0 Å². The van der Waals surface area contributed by atoms with Crippen LogP contribution in [0.4, 0.5) is 6.01 Å². The fourth-order valence-corrected chi connectivity index (χ4v) is 3.24. The van der Waals surface area contributed by atoms with Crippen LogP contribution in [0.2, 0.25) is 5.02 Å². The molecule has 0 spiro atoms. The number of nitrogens with one attached hydrogen (secondary N) is 1. The van der Waals surface area contributed by atoms with Gasteiger partial charge in [0.05, 0.1) is 10.7 Å². The van der Waals surface area contributed by atoms with Crippen LogP contribution in [0.3, 0.4) is 0 Å². The van der Waals surface area contributed by atoms with Gasteiger partial charge in [-0.2, -0.15) is 4.98 Å². The van der Waals surface area contributed by atoms with Crippen molar-refractivity contribution in [1.29, 1.82) is 0 Å². The highest BCUT2D eigenvalue weighted by molar-refractivity contribution is 9.10. The lowest BCUT2D eigenvalue weighted by molar-refractivity contribution is 0.569. The number of halogens is 2. The van der Waals surface area contributed by atoms with Crippen LogP contribution in [-0.2, 0) is 10.0 Å². The second-order valence-corrected chi connectivity index (χ2v) is 6.45. The normalized spacial score (nSPS) is 11.5. The number of hydrogen-bond donors (Lipinski definition) is 1. The molecule has 0 saturated heterocycles. The quantitative estimate of drug-likeness (QED) is 0.921. The smallest absolute Gasteiger partial charge is 0.309 e. The molecule has 0 bridgehead atoms. The summed E-state index contributed by atoms with van der Waals surface area (Å²) >= 11 is 9.09. The molecule has 2 rings (SSSR count). The van der Waals surface area contributed by atoms with Gasteiger partial charge in [0.25, 0.3) is 10.0 Å². The summed E-state index contributed by atoms with van der Waals surface area (Å²) in [5.41, 5.74) is 0.578. The SMILES string of the molecule is Cc1coc(NS(=O)(=O)c2ccc(Br)cc2Cl)n1. The van der Waals surface area contributed by atoms with Gasteiger partial charge in [-0.3, -0.25) is 0 Å². The summed E-state index contributed by atoms with van der Waals surface area (Å²) in [6, 6.07) is 4.38. The van der Waals surface area contributed by atoms with Crippen LogP contribution < -0.4 is 4.72 Å². The van der Waals surface area contributed by atoms with Crippen LogP contribution in [0.25, 0.3) is 0 Å². The summed E-state index contributed by atoms with van der Waals surface area (Å²) in [5, 5.41) is 0.111. The minimum Gasteiger partial charge on any atom is -0.431 e. The number of nitrogens with zero attached hydrogens (tertiary/aromatic N) is 1. The first-order valence-electron chi connectivity index (χ1n) is 4.78. The van der Waals surface area contributed by atoms with Crippen molar-refractivity contribution in [3.05, 3.63) is 39.7 Å². The number of aryl methyl sites for hydroxylation is 1. The van der Waals surface area contributed by atoms with Crippen LogP contribution in [0.15, 0.2) is 38.2 Å². The molecule has 1 N–H and O–H groups in total. The van der Waals surface area contributed by atoms with E-state index in [-0.39, 0.29) is 15.9 Å². The Bertz CT molecular complexity index is 684. The molecule has 18 heavy (non-hydrogen) atoms. The van der Waals surface area contributed by atoms with E-state index in [9.17, 15) is 8.42 Å². The van der Waals surface area contributed by atoms with Crippen molar-refractivity contribution in [3.8, 4) is 0 Å². The summed E-state index contributed by atoms with van der Waals surface area (Å²) in [4.78, 5) is 3.82. The van der Waals surface area contributed by atoms with Gasteiger partial charge in [0.15, 0.2) is 0 Å².